The average molecular weight is 391 g/mol. The van der Waals surface area contributed by atoms with E-state index in [1.165, 1.54) is 52.1 Å². The third kappa shape index (κ3) is 3.24. The first-order valence-corrected chi connectivity index (χ1v) is 12.0. The van der Waals surface area contributed by atoms with Gasteiger partial charge in [-0.2, -0.15) is 0 Å². The fraction of sp³-hybridized carbons (Fsp3) is 0.960. The minimum atomic E-state index is -0.0546. The number of methoxy groups -OCH3 is 1. The fourth-order valence-electron chi connectivity index (χ4n) is 8.86. The second-order valence-electron chi connectivity index (χ2n) is 11.4. The van der Waals surface area contributed by atoms with Gasteiger partial charge in [0.2, 0.25) is 0 Å². The standard InChI is InChI=1S/C25H42O3/c1-16(5-10-23(27)28-4)20-8-9-21-19-7-6-17-15-18(26)11-13-24(17,2)22(19)12-14-25(20,21)3/h16-22,26H,5-15H2,1-4H3/t16-,17+,18-,19-,20-,21+,22+,24+,25-/m1/s1. The van der Waals surface area contributed by atoms with Crippen LogP contribution in [0.25, 0.3) is 0 Å². The molecule has 1 N–H and O–H groups in total. The number of hydrogen-bond donors (Lipinski definition) is 1. The molecule has 4 aliphatic carbocycles. The summed E-state index contributed by atoms with van der Waals surface area (Å²) in [4.78, 5) is 11.6. The van der Waals surface area contributed by atoms with Crippen LogP contribution in [0, 0.1) is 46.3 Å². The molecule has 4 fully saturated rings. The zero-order chi connectivity index (χ0) is 20.1. The second-order valence-corrected chi connectivity index (χ2v) is 11.4. The molecule has 0 spiro atoms. The summed E-state index contributed by atoms with van der Waals surface area (Å²) in [6.07, 6.45) is 13.1. The molecule has 0 aliphatic heterocycles. The Labute approximate surface area is 172 Å². The van der Waals surface area contributed by atoms with E-state index in [1.807, 2.05) is 0 Å². The molecule has 0 aromatic rings. The molecular weight excluding hydrogens is 348 g/mol. The van der Waals surface area contributed by atoms with Crippen molar-refractivity contribution < 1.29 is 14.6 Å². The first-order chi connectivity index (χ1) is 13.3. The van der Waals surface area contributed by atoms with Gasteiger partial charge in [-0.25, -0.2) is 0 Å². The Morgan fingerprint density at radius 2 is 1.75 bits per heavy atom. The summed E-state index contributed by atoms with van der Waals surface area (Å²) in [5.74, 6) is 4.72. The van der Waals surface area contributed by atoms with Crippen LogP contribution >= 0.6 is 0 Å². The van der Waals surface area contributed by atoms with E-state index >= 15 is 0 Å². The zero-order valence-electron chi connectivity index (χ0n) is 18.6. The predicted molar refractivity (Wildman–Crippen MR) is 112 cm³/mol. The summed E-state index contributed by atoms with van der Waals surface area (Å²) in [6.45, 7) is 7.56. The largest absolute Gasteiger partial charge is 0.469 e. The third-order valence-electron chi connectivity index (χ3n) is 10.4. The SMILES string of the molecule is COC(=O)CC[C@@H](C)[C@H]1CC[C@H]2[C@H]3CC[C@H]4C[C@H](O)CC[C@]4(C)[C@H]3CC[C@]12C. The van der Waals surface area contributed by atoms with Crippen molar-refractivity contribution in [3.05, 3.63) is 0 Å². The molecule has 0 bridgehead atoms. The van der Waals surface area contributed by atoms with Gasteiger partial charge >= 0.3 is 5.97 Å². The molecule has 3 nitrogen and oxygen atoms in total. The molecule has 0 amide bonds. The quantitative estimate of drug-likeness (QED) is 0.636. The monoisotopic (exact) mass is 390 g/mol. The molecule has 160 valence electrons. The summed E-state index contributed by atoms with van der Waals surface area (Å²) in [7, 11) is 1.50. The van der Waals surface area contributed by atoms with Crippen LogP contribution < -0.4 is 0 Å². The normalized spacial score (nSPS) is 48.9. The lowest BCUT2D eigenvalue weighted by molar-refractivity contribution is -0.141. The minimum absolute atomic E-state index is 0.0463. The van der Waals surface area contributed by atoms with Gasteiger partial charge in [0.25, 0.3) is 0 Å². The van der Waals surface area contributed by atoms with E-state index in [0.29, 0.717) is 23.2 Å². The van der Waals surface area contributed by atoms with E-state index in [1.54, 1.807) is 0 Å². The van der Waals surface area contributed by atoms with Crippen molar-refractivity contribution in [1.82, 2.24) is 0 Å². The number of rotatable bonds is 4. The van der Waals surface area contributed by atoms with Gasteiger partial charge in [0, 0.05) is 6.42 Å². The molecule has 9 atom stereocenters. The summed E-state index contributed by atoms with van der Waals surface area (Å²) in [6, 6.07) is 0. The molecule has 0 aromatic heterocycles. The fourth-order valence-corrected chi connectivity index (χ4v) is 8.86. The molecule has 0 unspecified atom stereocenters. The number of aliphatic hydroxyl groups excluding tert-OH is 1. The maximum Gasteiger partial charge on any atom is 0.305 e. The van der Waals surface area contributed by atoms with Crippen molar-refractivity contribution in [1.29, 1.82) is 0 Å². The van der Waals surface area contributed by atoms with Gasteiger partial charge in [0.1, 0.15) is 0 Å². The molecule has 0 heterocycles. The molecule has 4 rings (SSSR count). The van der Waals surface area contributed by atoms with E-state index in [-0.39, 0.29) is 12.1 Å². The number of ether oxygens (including phenoxy) is 1. The van der Waals surface area contributed by atoms with Gasteiger partial charge in [0.05, 0.1) is 13.2 Å². The maximum absolute atomic E-state index is 11.6. The Bertz CT molecular complexity index is 588. The van der Waals surface area contributed by atoms with Crippen molar-refractivity contribution in [3.63, 3.8) is 0 Å². The van der Waals surface area contributed by atoms with Gasteiger partial charge < -0.3 is 9.84 Å². The van der Waals surface area contributed by atoms with Crippen LogP contribution in [0.5, 0.6) is 0 Å². The van der Waals surface area contributed by atoms with Gasteiger partial charge in [-0.1, -0.05) is 20.8 Å². The number of hydrogen-bond acceptors (Lipinski definition) is 3. The van der Waals surface area contributed by atoms with Crippen molar-refractivity contribution in [2.75, 3.05) is 7.11 Å². The Morgan fingerprint density at radius 1 is 1.04 bits per heavy atom. The number of carbonyl (C=O) groups is 1. The Morgan fingerprint density at radius 3 is 2.50 bits per heavy atom. The van der Waals surface area contributed by atoms with E-state index in [9.17, 15) is 9.90 Å². The van der Waals surface area contributed by atoms with Crippen molar-refractivity contribution in [2.45, 2.75) is 97.5 Å². The molecule has 3 heteroatoms. The van der Waals surface area contributed by atoms with Crippen LogP contribution in [-0.4, -0.2) is 24.3 Å². The lowest BCUT2D eigenvalue weighted by Gasteiger charge is -2.61. The lowest BCUT2D eigenvalue weighted by Crippen LogP contribution is -2.54. The highest BCUT2D eigenvalue weighted by molar-refractivity contribution is 5.69. The van der Waals surface area contributed by atoms with E-state index in [0.717, 1.165) is 48.9 Å². The molecule has 0 aromatic carbocycles. The highest BCUT2D eigenvalue weighted by atomic mass is 16.5. The number of fused-ring (bicyclic) bond motifs is 5. The summed E-state index contributed by atoms with van der Waals surface area (Å²) in [5, 5.41) is 10.2. The highest BCUT2D eigenvalue weighted by Gasteiger charge is 2.60. The molecular formula is C25H42O3. The highest BCUT2D eigenvalue weighted by Crippen LogP contribution is 2.68. The smallest absolute Gasteiger partial charge is 0.305 e. The molecule has 4 saturated carbocycles. The Balaban J connectivity index is 1.48. The van der Waals surface area contributed by atoms with Crippen molar-refractivity contribution in [3.8, 4) is 0 Å². The topological polar surface area (TPSA) is 46.5 Å². The van der Waals surface area contributed by atoms with Crippen molar-refractivity contribution in [2.24, 2.45) is 46.3 Å². The van der Waals surface area contributed by atoms with E-state index in [2.05, 4.69) is 20.8 Å². The molecule has 4 aliphatic rings. The van der Waals surface area contributed by atoms with E-state index in [4.69, 9.17) is 4.74 Å². The number of esters is 1. The molecule has 28 heavy (non-hydrogen) atoms. The van der Waals surface area contributed by atoms with Crippen molar-refractivity contribution >= 4 is 5.97 Å². The van der Waals surface area contributed by atoms with Gasteiger partial charge in [0.15, 0.2) is 0 Å². The van der Waals surface area contributed by atoms with Gasteiger partial charge in [-0.15, -0.1) is 0 Å². The van der Waals surface area contributed by atoms with Crippen LogP contribution in [0.3, 0.4) is 0 Å². The first kappa shape index (κ1) is 20.7. The lowest BCUT2D eigenvalue weighted by atomic mass is 9.44. The van der Waals surface area contributed by atoms with Crippen LogP contribution in [0.4, 0.5) is 0 Å². The average Bonchev–Trinajstić information content (AvgIpc) is 3.03. The summed E-state index contributed by atoms with van der Waals surface area (Å²) >= 11 is 0. The Kier molecular flexibility index (Phi) is 5.61. The molecule has 0 saturated heterocycles. The van der Waals surface area contributed by atoms with Crippen LogP contribution in [0.2, 0.25) is 0 Å². The summed E-state index contributed by atoms with van der Waals surface area (Å²) < 4.78 is 4.88. The van der Waals surface area contributed by atoms with Crippen LogP contribution in [0.1, 0.15) is 91.4 Å². The maximum atomic E-state index is 11.6. The third-order valence-corrected chi connectivity index (χ3v) is 10.4. The molecule has 0 radical (unpaired) electrons. The predicted octanol–water partition coefficient (Wildman–Crippen LogP) is 5.60. The van der Waals surface area contributed by atoms with Gasteiger partial charge in [-0.05, 0) is 111 Å². The van der Waals surface area contributed by atoms with E-state index < -0.39 is 0 Å². The minimum Gasteiger partial charge on any atom is -0.469 e. The van der Waals surface area contributed by atoms with Gasteiger partial charge in [-0.3, -0.25) is 4.79 Å². The number of aliphatic hydroxyl groups is 1. The zero-order valence-corrected chi connectivity index (χ0v) is 18.6. The number of carbonyl (C=O) groups excluding carboxylic acids is 1. The van der Waals surface area contributed by atoms with Crippen LogP contribution in [-0.2, 0) is 9.53 Å². The summed E-state index contributed by atoms with van der Waals surface area (Å²) in [5.41, 5.74) is 0.937. The second kappa shape index (κ2) is 7.60. The first-order valence-electron chi connectivity index (χ1n) is 12.0. The Hall–Kier alpha value is -0.570. The van der Waals surface area contributed by atoms with Crippen LogP contribution in [0.15, 0.2) is 0 Å².